The summed E-state index contributed by atoms with van der Waals surface area (Å²) in [4.78, 5) is 2.53. The van der Waals surface area contributed by atoms with Gasteiger partial charge in [-0.3, -0.25) is 0 Å². The van der Waals surface area contributed by atoms with Crippen LogP contribution in [0.1, 0.15) is 11.1 Å². The fraction of sp³-hybridized carbons (Fsp3) is 0.571. The quantitative estimate of drug-likeness (QED) is 0.808. The van der Waals surface area contributed by atoms with Crippen LogP contribution in [0.3, 0.4) is 0 Å². The first-order valence-electron chi connectivity index (χ1n) is 7.03. The topological polar surface area (TPSA) is 69.6 Å². The minimum absolute atomic E-state index is 0.152. The van der Waals surface area contributed by atoms with Gasteiger partial charge in [0.2, 0.25) is 10.0 Å². The van der Waals surface area contributed by atoms with Crippen molar-refractivity contribution in [1.82, 2.24) is 9.62 Å². The molecule has 0 aromatic heterocycles. The van der Waals surface area contributed by atoms with E-state index in [0.717, 1.165) is 31.1 Å². The number of rotatable bonds is 6. The molecule has 1 aromatic rings. The van der Waals surface area contributed by atoms with Crippen LogP contribution in [0.2, 0.25) is 0 Å². The largest absolute Gasteiger partial charge is 0.392 e. The third-order valence-corrected chi connectivity index (χ3v) is 6.23. The zero-order valence-corrected chi connectivity index (χ0v) is 13.8. The molecule has 5 nitrogen and oxygen atoms in total. The first-order valence-corrected chi connectivity index (χ1v) is 9.67. The highest BCUT2D eigenvalue weighted by molar-refractivity contribution is 7.99. The Hall–Kier alpha value is -0.600. The van der Waals surface area contributed by atoms with Crippen molar-refractivity contribution in [2.45, 2.75) is 18.4 Å². The highest BCUT2D eigenvalue weighted by Crippen LogP contribution is 2.18. The molecule has 0 bridgehead atoms. The molecule has 0 atom stereocenters. The fourth-order valence-corrected chi connectivity index (χ4v) is 4.65. The summed E-state index contributed by atoms with van der Waals surface area (Å²) >= 11 is 1.94. The van der Waals surface area contributed by atoms with Gasteiger partial charge in [-0.25, -0.2) is 13.1 Å². The van der Waals surface area contributed by atoms with Crippen LogP contribution in [0, 0.1) is 6.92 Å². The molecule has 0 unspecified atom stereocenters. The molecule has 0 spiro atoms. The van der Waals surface area contributed by atoms with E-state index in [1.54, 1.807) is 25.1 Å². The van der Waals surface area contributed by atoms with Crippen LogP contribution in [-0.2, 0) is 16.6 Å². The zero-order chi connectivity index (χ0) is 15.3. The van der Waals surface area contributed by atoms with Gasteiger partial charge in [-0.05, 0) is 24.1 Å². The van der Waals surface area contributed by atoms with Crippen molar-refractivity contribution in [3.05, 3.63) is 29.3 Å². The molecule has 1 heterocycles. The fourth-order valence-electron chi connectivity index (χ4n) is 2.36. The van der Waals surface area contributed by atoms with Gasteiger partial charge >= 0.3 is 0 Å². The highest BCUT2D eigenvalue weighted by Gasteiger charge is 2.18. The van der Waals surface area contributed by atoms with Crippen molar-refractivity contribution in [2.24, 2.45) is 0 Å². The van der Waals surface area contributed by atoms with Crippen LogP contribution >= 0.6 is 11.8 Å². The maximum absolute atomic E-state index is 12.3. The van der Waals surface area contributed by atoms with Gasteiger partial charge in [0.15, 0.2) is 0 Å². The molecular weight excluding hydrogens is 308 g/mol. The summed E-state index contributed by atoms with van der Waals surface area (Å²) in [7, 11) is -3.52. The summed E-state index contributed by atoms with van der Waals surface area (Å²) in [5.41, 5.74) is 1.26. The van der Waals surface area contributed by atoms with Crippen LogP contribution in [0.25, 0.3) is 0 Å². The number of aliphatic hydroxyl groups excluding tert-OH is 1. The molecule has 2 rings (SSSR count). The van der Waals surface area contributed by atoms with E-state index in [4.69, 9.17) is 0 Å². The molecular formula is C14H22N2O3S2. The van der Waals surface area contributed by atoms with E-state index in [1.165, 1.54) is 0 Å². The summed E-state index contributed by atoms with van der Waals surface area (Å²) in [5.74, 6) is 2.23. The number of sulfonamides is 1. The second kappa shape index (κ2) is 7.60. The van der Waals surface area contributed by atoms with Crippen LogP contribution in [0.15, 0.2) is 23.1 Å². The van der Waals surface area contributed by atoms with Crippen LogP contribution in [0.5, 0.6) is 0 Å². The third-order valence-electron chi connectivity index (χ3n) is 3.68. The molecule has 1 aromatic carbocycles. The second-order valence-electron chi connectivity index (χ2n) is 5.05. The van der Waals surface area contributed by atoms with Gasteiger partial charge in [0.1, 0.15) is 0 Å². The Morgan fingerprint density at radius 1 is 1.33 bits per heavy atom. The Bertz CT molecular complexity index is 570. The Balaban J connectivity index is 1.98. The smallest absolute Gasteiger partial charge is 0.240 e. The molecule has 2 N–H and O–H groups in total. The Kier molecular flexibility index (Phi) is 6.07. The SMILES string of the molecule is Cc1c(CO)cccc1S(=O)(=O)NCCN1CCSCC1. The number of nitrogens with zero attached hydrogens (tertiary/aromatic N) is 1. The highest BCUT2D eigenvalue weighted by atomic mass is 32.2. The average molecular weight is 330 g/mol. The predicted molar refractivity (Wildman–Crippen MR) is 86.1 cm³/mol. The van der Waals surface area contributed by atoms with E-state index in [2.05, 4.69) is 9.62 Å². The van der Waals surface area contributed by atoms with Crippen LogP contribution in [0.4, 0.5) is 0 Å². The maximum atomic E-state index is 12.3. The van der Waals surface area contributed by atoms with Crippen molar-refractivity contribution in [2.75, 3.05) is 37.7 Å². The van der Waals surface area contributed by atoms with Gasteiger partial charge in [-0.2, -0.15) is 11.8 Å². The lowest BCUT2D eigenvalue weighted by molar-refractivity contribution is 0.280. The Morgan fingerprint density at radius 2 is 2.05 bits per heavy atom. The predicted octanol–water partition coefficient (Wildman–Crippen LogP) is 0.814. The first kappa shape index (κ1) is 16.8. The molecule has 1 fully saturated rings. The maximum Gasteiger partial charge on any atom is 0.240 e. The van der Waals surface area contributed by atoms with Gasteiger partial charge in [0, 0.05) is 37.7 Å². The van der Waals surface area contributed by atoms with E-state index >= 15 is 0 Å². The van der Waals surface area contributed by atoms with Gasteiger partial charge in [-0.15, -0.1) is 0 Å². The second-order valence-corrected chi connectivity index (χ2v) is 8.01. The molecule has 118 valence electrons. The van der Waals surface area contributed by atoms with Gasteiger partial charge in [-0.1, -0.05) is 12.1 Å². The first-order chi connectivity index (χ1) is 10.0. The van der Waals surface area contributed by atoms with Crippen LogP contribution in [-0.4, -0.2) is 56.1 Å². The van der Waals surface area contributed by atoms with Crippen molar-refractivity contribution in [3.8, 4) is 0 Å². The summed E-state index contributed by atoms with van der Waals surface area (Å²) in [6.07, 6.45) is 0. The van der Waals surface area contributed by atoms with E-state index in [0.29, 0.717) is 17.7 Å². The van der Waals surface area contributed by atoms with E-state index in [1.807, 2.05) is 11.8 Å². The van der Waals surface area contributed by atoms with Crippen LogP contribution < -0.4 is 4.72 Å². The monoisotopic (exact) mass is 330 g/mol. The zero-order valence-electron chi connectivity index (χ0n) is 12.2. The lowest BCUT2D eigenvalue weighted by Crippen LogP contribution is -2.39. The number of benzene rings is 1. The minimum atomic E-state index is -3.52. The lowest BCUT2D eigenvalue weighted by Gasteiger charge is -2.26. The Morgan fingerprint density at radius 3 is 2.71 bits per heavy atom. The minimum Gasteiger partial charge on any atom is -0.392 e. The lowest BCUT2D eigenvalue weighted by atomic mass is 10.1. The van der Waals surface area contributed by atoms with Crippen molar-refractivity contribution in [3.63, 3.8) is 0 Å². The molecule has 7 heteroatoms. The van der Waals surface area contributed by atoms with Gasteiger partial charge < -0.3 is 10.0 Å². The number of nitrogens with one attached hydrogen (secondary N) is 1. The summed E-state index contributed by atoms with van der Waals surface area (Å²) in [6, 6.07) is 4.98. The van der Waals surface area contributed by atoms with E-state index in [-0.39, 0.29) is 11.5 Å². The molecule has 1 aliphatic heterocycles. The van der Waals surface area contributed by atoms with Crippen molar-refractivity contribution in [1.29, 1.82) is 0 Å². The van der Waals surface area contributed by atoms with Gasteiger partial charge in [0.05, 0.1) is 11.5 Å². The van der Waals surface area contributed by atoms with E-state index in [9.17, 15) is 13.5 Å². The number of hydrogen-bond donors (Lipinski definition) is 2. The standard InChI is InChI=1S/C14H22N2O3S2/c1-12-13(11-17)3-2-4-14(12)21(18,19)15-5-6-16-7-9-20-10-8-16/h2-4,15,17H,5-11H2,1H3. The summed E-state index contributed by atoms with van der Waals surface area (Å²) < 4.78 is 27.4. The van der Waals surface area contributed by atoms with E-state index < -0.39 is 10.0 Å². The molecule has 0 radical (unpaired) electrons. The number of aliphatic hydroxyl groups is 1. The average Bonchev–Trinajstić information content (AvgIpc) is 2.48. The summed E-state index contributed by atoms with van der Waals surface area (Å²) in [5, 5.41) is 9.23. The summed E-state index contributed by atoms with van der Waals surface area (Å²) in [6.45, 7) is 4.76. The van der Waals surface area contributed by atoms with Gasteiger partial charge in [0.25, 0.3) is 0 Å². The normalized spacial score (nSPS) is 17.0. The molecule has 1 aliphatic rings. The molecule has 0 aliphatic carbocycles. The van der Waals surface area contributed by atoms with Crippen molar-refractivity contribution >= 4 is 21.8 Å². The third kappa shape index (κ3) is 4.43. The Labute approximate surface area is 130 Å². The van der Waals surface area contributed by atoms with Crippen molar-refractivity contribution < 1.29 is 13.5 Å². The number of hydrogen-bond acceptors (Lipinski definition) is 5. The molecule has 0 saturated carbocycles. The molecule has 0 amide bonds. The number of thioether (sulfide) groups is 1. The molecule has 21 heavy (non-hydrogen) atoms. The molecule has 1 saturated heterocycles.